The molecule has 0 spiro atoms. The van der Waals surface area contributed by atoms with Gasteiger partial charge in [0.2, 0.25) is 5.91 Å². The molecule has 0 bridgehead atoms. The summed E-state index contributed by atoms with van der Waals surface area (Å²) in [4.78, 5) is 25.1. The van der Waals surface area contributed by atoms with Crippen molar-refractivity contribution in [1.29, 1.82) is 0 Å². The number of carbonyl (C=O) groups excluding carboxylic acids is 1. The Morgan fingerprint density at radius 2 is 1.20 bits per heavy atom. The predicted octanol–water partition coefficient (Wildman–Crippen LogP) is 8.77. The number of aliphatic hydroxyl groups excluding tert-OH is 1. The van der Waals surface area contributed by atoms with Crippen molar-refractivity contribution in [3.8, 4) is 0 Å². The number of rotatable bonds is 33. The third kappa shape index (κ3) is 31.6. The first-order chi connectivity index (χ1) is 22.0. The van der Waals surface area contributed by atoms with E-state index in [2.05, 4.69) is 43.5 Å². The van der Waals surface area contributed by atoms with E-state index in [1.165, 1.54) is 70.6 Å². The Morgan fingerprint density at radius 1 is 0.739 bits per heavy atom. The van der Waals surface area contributed by atoms with Gasteiger partial charge in [0.1, 0.15) is 13.2 Å². The number of unbranched alkanes of at least 4 members (excludes halogenated alkanes) is 16. The maximum atomic E-state index is 12.7. The molecule has 0 rings (SSSR count). The van der Waals surface area contributed by atoms with Gasteiger partial charge in [-0.05, 0) is 64.2 Å². The lowest BCUT2D eigenvalue weighted by atomic mass is 10.0. The van der Waals surface area contributed by atoms with E-state index in [0.717, 1.165) is 57.8 Å². The molecule has 0 aliphatic rings. The summed E-state index contributed by atoms with van der Waals surface area (Å²) in [5.41, 5.74) is 0. The second-order valence-corrected chi connectivity index (χ2v) is 15.3. The van der Waals surface area contributed by atoms with Gasteiger partial charge >= 0.3 is 0 Å². The number of phosphoric ester groups is 1. The average Bonchev–Trinajstić information content (AvgIpc) is 2.99. The van der Waals surface area contributed by atoms with Crippen LogP contribution in [0.15, 0.2) is 24.3 Å². The van der Waals surface area contributed by atoms with Crippen molar-refractivity contribution in [1.82, 2.24) is 5.32 Å². The quantitative estimate of drug-likeness (QED) is 0.0312. The highest BCUT2D eigenvalue weighted by molar-refractivity contribution is 7.45. The van der Waals surface area contributed by atoms with Crippen LogP contribution >= 0.6 is 7.82 Å². The molecule has 46 heavy (non-hydrogen) atoms. The molecule has 0 aromatic carbocycles. The molecule has 272 valence electrons. The predicted molar refractivity (Wildman–Crippen MR) is 192 cm³/mol. The monoisotopic (exact) mass is 673 g/mol. The Hall–Kier alpha value is -1.02. The highest BCUT2D eigenvalue weighted by Crippen LogP contribution is 2.38. The van der Waals surface area contributed by atoms with Crippen LogP contribution in [0.2, 0.25) is 0 Å². The summed E-state index contributed by atoms with van der Waals surface area (Å²) in [6.07, 6.45) is 31.8. The Labute approximate surface area is 284 Å². The lowest BCUT2D eigenvalue weighted by molar-refractivity contribution is -0.870. The lowest BCUT2D eigenvalue weighted by Gasteiger charge is -2.30. The molecule has 0 radical (unpaired) electrons. The molecular formula is C37H73N2O6P. The smallest absolute Gasteiger partial charge is 0.268 e. The minimum Gasteiger partial charge on any atom is -0.756 e. The number of phosphoric acid groups is 1. The molecule has 0 heterocycles. The molecule has 8 nitrogen and oxygen atoms in total. The molecule has 0 aromatic heterocycles. The summed E-state index contributed by atoms with van der Waals surface area (Å²) in [5, 5.41) is 13.7. The van der Waals surface area contributed by atoms with Gasteiger partial charge in [-0.3, -0.25) is 9.36 Å². The van der Waals surface area contributed by atoms with Crippen molar-refractivity contribution in [2.75, 3.05) is 40.9 Å². The molecule has 0 aliphatic carbocycles. The van der Waals surface area contributed by atoms with E-state index in [4.69, 9.17) is 9.05 Å². The molecule has 1 amide bonds. The van der Waals surface area contributed by atoms with Crippen LogP contribution in [0.3, 0.4) is 0 Å². The summed E-state index contributed by atoms with van der Waals surface area (Å²) < 4.78 is 23.1. The second-order valence-electron chi connectivity index (χ2n) is 13.9. The topological polar surface area (TPSA) is 108 Å². The number of allylic oxidation sites excluding steroid dienone is 4. The minimum absolute atomic E-state index is 0.00535. The third-order valence-corrected chi connectivity index (χ3v) is 9.13. The number of quaternary nitrogens is 1. The van der Waals surface area contributed by atoms with E-state index < -0.39 is 20.0 Å². The SMILES string of the molecule is CCCCCC/C=C/CCCC[C@@H](O)[C@H](COP(=O)([O-])OCC[N+](C)(C)C)NC(=O)CCCCCCC/C=C/CCCCCCC. The Kier molecular flexibility index (Phi) is 29.4. The highest BCUT2D eigenvalue weighted by Gasteiger charge is 2.24. The molecule has 0 saturated heterocycles. The van der Waals surface area contributed by atoms with Crippen LogP contribution < -0.4 is 10.2 Å². The van der Waals surface area contributed by atoms with Gasteiger partial charge in [-0.1, -0.05) is 109 Å². The van der Waals surface area contributed by atoms with E-state index in [9.17, 15) is 19.4 Å². The first-order valence-corrected chi connectivity index (χ1v) is 20.1. The molecular weight excluding hydrogens is 599 g/mol. The number of amides is 1. The van der Waals surface area contributed by atoms with Gasteiger partial charge in [0.25, 0.3) is 7.82 Å². The number of likely N-dealkylation sites (N-methyl/N-ethyl adjacent to an activating group) is 1. The summed E-state index contributed by atoms with van der Waals surface area (Å²) in [6.45, 7) is 4.62. The van der Waals surface area contributed by atoms with E-state index in [0.29, 0.717) is 23.9 Å². The molecule has 0 aliphatic heterocycles. The van der Waals surface area contributed by atoms with Crippen molar-refractivity contribution < 1.29 is 32.9 Å². The van der Waals surface area contributed by atoms with Crippen molar-refractivity contribution >= 4 is 13.7 Å². The number of aliphatic hydroxyl groups is 1. The summed E-state index contributed by atoms with van der Waals surface area (Å²) in [6, 6.07) is -0.815. The van der Waals surface area contributed by atoms with Crippen molar-refractivity contribution in [2.45, 2.75) is 167 Å². The van der Waals surface area contributed by atoms with Crippen LogP contribution in [-0.2, 0) is 18.4 Å². The van der Waals surface area contributed by atoms with Crippen LogP contribution in [0, 0.1) is 0 Å². The Morgan fingerprint density at radius 3 is 1.72 bits per heavy atom. The molecule has 9 heteroatoms. The van der Waals surface area contributed by atoms with Crippen LogP contribution in [-0.4, -0.2) is 68.5 Å². The van der Waals surface area contributed by atoms with E-state index in [1.54, 1.807) is 0 Å². The fraction of sp³-hybridized carbons (Fsp3) is 0.865. The third-order valence-electron chi connectivity index (χ3n) is 8.16. The lowest BCUT2D eigenvalue weighted by Crippen LogP contribution is -2.46. The Balaban J connectivity index is 4.51. The number of nitrogens with one attached hydrogen (secondary N) is 1. The molecule has 0 saturated carbocycles. The number of carbonyl (C=O) groups is 1. The van der Waals surface area contributed by atoms with Crippen LogP contribution in [0.5, 0.6) is 0 Å². The summed E-state index contributed by atoms with van der Waals surface area (Å²) in [7, 11) is 1.28. The zero-order valence-corrected chi connectivity index (χ0v) is 31.4. The van der Waals surface area contributed by atoms with Crippen LogP contribution in [0.25, 0.3) is 0 Å². The van der Waals surface area contributed by atoms with Crippen LogP contribution in [0.4, 0.5) is 0 Å². The molecule has 0 aromatic rings. The first kappa shape index (κ1) is 45.0. The summed E-state index contributed by atoms with van der Waals surface area (Å²) >= 11 is 0. The first-order valence-electron chi connectivity index (χ1n) is 18.7. The summed E-state index contributed by atoms with van der Waals surface area (Å²) in [5.74, 6) is -0.188. The van der Waals surface area contributed by atoms with Gasteiger partial charge in [-0.25, -0.2) is 0 Å². The van der Waals surface area contributed by atoms with E-state index in [-0.39, 0.29) is 19.1 Å². The van der Waals surface area contributed by atoms with Gasteiger partial charge < -0.3 is 28.8 Å². The van der Waals surface area contributed by atoms with Gasteiger partial charge in [0.15, 0.2) is 0 Å². The van der Waals surface area contributed by atoms with Crippen molar-refractivity contribution in [3.05, 3.63) is 24.3 Å². The van der Waals surface area contributed by atoms with Gasteiger partial charge in [0, 0.05) is 6.42 Å². The zero-order chi connectivity index (χ0) is 34.4. The van der Waals surface area contributed by atoms with Gasteiger partial charge in [0.05, 0.1) is 39.9 Å². The minimum atomic E-state index is -4.56. The molecule has 1 unspecified atom stereocenters. The fourth-order valence-electron chi connectivity index (χ4n) is 5.08. The van der Waals surface area contributed by atoms with Gasteiger partial charge in [-0.2, -0.15) is 0 Å². The zero-order valence-electron chi connectivity index (χ0n) is 30.5. The maximum absolute atomic E-state index is 12.7. The van der Waals surface area contributed by atoms with Gasteiger partial charge in [-0.15, -0.1) is 0 Å². The largest absolute Gasteiger partial charge is 0.756 e. The fourth-order valence-corrected chi connectivity index (χ4v) is 5.81. The average molecular weight is 673 g/mol. The highest BCUT2D eigenvalue weighted by atomic mass is 31.2. The van der Waals surface area contributed by atoms with E-state index in [1.807, 2.05) is 21.1 Å². The molecule has 0 fully saturated rings. The number of nitrogens with zero attached hydrogens (tertiary/aromatic N) is 1. The van der Waals surface area contributed by atoms with Crippen molar-refractivity contribution in [3.63, 3.8) is 0 Å². The molecule has 2 N–H and O–H groups in total. The van der Waals surface area contributed by atoms with Crippen molar-refractivity contribution in [2.24, 2.45) is 0 Å². The normalized spacial score (nSPS) is 15.0. The van der Waals surface area contributed by atoms with Crippen LogP contribution in [0.1, 0.15) is 155 Å². The standard InChI is InChI=1S/C37H73N2O6P/c1-6-8-10-12-14-16-18-19-20-21-23-25-27-29-31-37(41)38-35(34-45-46(42,43)44-33-32-39(3,4)5)36(40)30-28-26-24-22-17-15-13-11-9-7-2/h17-19,22,35-36,40H,6-16,20-21,23-34H2,1-5H3,(H-,38,41,42,43)/b19-18+,22-17+/t35-,36+/m0/s1. The maximum Gasteiger partial charge on any atom is 0.268 e. The van der Waals surface area contributed by atoms with E-state index >= 15 is 0 Å². The second kappa shape index (κ2) is 30.1. The number of hydrogen-bond donors (Lipinski definition) is 2. The number of hydrogen-bond acceptors (Lipinski definition) is 6. The Bertz CT molecular complexity index is 814. The molecule has 3 atom stereocenters.